The Bertz CT molecular complexity index is 520. The molecule has 0 bridgehead atoms. The van der Waals surface area contributed by atoms with Gasteiger partial charge in [0.25, 0.3) is 0 Å². The highest BCUT2D eigenvalue weighted by molar-refractivity contribution is 5.97. The van der Waals surface area contributed by atoms with Crippen LogP contribution in [0, 0.1) is 5.92 Å². The average Bonchev–Trinajstić information content (AvgIpc) is 3.13. The monoisotopic (exact) mass is 262 g/mol. The second kappa shape index (κ2) is 4.36. The van der Waals surface area contributed by atoms with Gasteiger partial charge in [-0.1, -0.05) is 0 Å². The Morgan fingerprint density at radius 3 is 2.74 bits per heavy atom. The van der Waals surface area contributed by atoms with Crippen LogP contribution in [0.4, 0.5) is 0 Å². The molecule has 6 heteroatoms. The first-order chi connectivity index (χ1) is 9.06. The minimum absolute atomic E-state index is 0.0402. The molecule has 1 aliphatic heterocycles. The van der Waals surface area contributed by atoms with Crippen molar-refractivity contribution in [3.8, 4) is 0 Å². The molecule has 1 saturated carbocycles. The summed E-state index contributed by atoms with van der Waals surface area (Å²) in [6.45, 7) is 2.22. The van der Waals surface area contributed by atoms with Gasteiger partial charge in [0.05, 0.1) is 6.20 Å². The molecule has 1 N–H and O–H groups in total. The molecule has 1 aromatic heterocycles. The molecular formula is C13H18N4O2. The molecule has 102 valence electrons. The van der Waals surface area contributed by atoms with Crippen molar-refractivity contribution < 1.29 is 9.59 Å². The van der Waals surface area contributed by atoms with E-state index in [9.17, 15) is 9.59 Å². The van der Waals surface area contributed by atoms with Gasteiger partial charge in [-0.2, -0.15) is 5.10 Å². The summed E-state index contributed by atoms with van der Waals surface area (Å²) in [7, 11) is 1.84. The first kappa shape index (κ1) is 12.2. The summed E-state index contributed by atoms with van der Waals surface area (Å²) >= 11 is 0. The van der Waals surface area contributed by atoms with Crippen LogP contribution in [0.2, 0.25) is 0 Å². The van der Waals surface area contributed by atoms with Crippen molar-refractivity contribution in [2.75, 3.05) is 0 Å². The summed E-state index contributed by atoms with van der Waals surface area (Å²) in [4.78, 5) is 26.1. The Morgan fingerprint density at radius 1 is 1.42 bits per heavy atom. The van der Waals surface area contributed by atoms with E-state index in [1.54, 1.807) is 22.7 Å². The first-order valence-corrected chi connectivity index (χ1v) is 6.64. The topological polar surface area (TPSA) is 67.2 Å². The van der Waals surface area contributed by atoms with Gasteiger partial charge in [0, 0.05) is 25.4 Å². The minimum atomic E-state index is -0.414. The molecular weight excluding hydrogens is 244 g/mol. The Balaban J connectivity index is 1.80. The average molecular weight is 262 g/mol. The molecule has 6 nitrogen and oxygen atoms in total. The predicted molar refractivity (Wildman–Crippen MR) is 67.9 cm³/mol. The highest BCUT2D eigenvalue weighted by Gasteiger charge is 2.45. The van der Waals surface area contributed by atoms with Crippen LogP contribution < -0.4 is 5.32 Å². The second-order valence-corrected chi connectivity index (χ2v) is 5.49. The van der Waals surface area contributed by atoms with Crippen LogP contribution >= 0.6 is 0 Å². The molecule has 2 aliphatic rings. The number of aryl methyl sites for hydroxylation is 1. The van der Waals surface area contributed by atoms with E-state index in [0.717, 1.165) is 18.4 Å². The Morgan fingerprint density at radius 2 is 2.16 bits per heavy atom. The van der Waals surface area contributed by atoms with E-state index >= 15 is 0 Å². The van der Waals surface area contributed by atoms with Crippen LogP contribution in [0.1, 0.15) is 25.3 Å². The lowest BCUT2D eigenvalue weighted by atomic mass is 10.0. The zero-order chi connectivity index (χ0) is 13.6. The Kier molecular flexibility index (Phi) is 2.80. The summed E-state index contributed by atoms with van der Waals surface area (Å²) in [5.41, 5.74) is 0.951. The molecule has 1 aliphatic carbocycles. The number of nitrogens with zero attached hydrogens (tertiary/aromatic N) is 3. The fourth-order valence-electron chi connectivity index (χ4n) is 2.56. The summed E-state index contributed by atoms with van der Waals surface area (Å²) in [5, 5.41) is 6.94. The van der Waals surface area contributed by atoms with Crippen molar-refractivity contribution in [2.45, 2.75) is 38.4 Å². The molecule has 2 heterocycles. The third-order valence-corrected chi connectivity index (χ3v) is 3.90. The lowest BCUT2D eigenvalue weighted by Crippen LogP contribution is -2.62. The SMILES string of the molecule is CC1C(=O)NC(C2CC2)C(=O)N1Cc1cnn(C)c1. The highest BCUT2D eigenvalue weighted by atomic mass is 16.2. The van der Waals surface area contributed by atoms with E-state index < -0.39 is 6.04 Å². The normalized spacial score (nSPS) is 27.6. The van der Waals surface area contributed by atoms with Gasteiger partial charge in [0.1, 0.15) is 12.1 Å². The van der Waals surface area contributed by atoms with Crippen LogP contribution in [0.25, 0.3) is 0 Å². The van der Waals surface area contributed by atoms with Gasteiger partial charge in [0.2, 0.25) is 11.8 Å². The number of rotatable bonds is 3. The summed E-state index contributed by atoms with van der Waals surface area (Å²) in [5.74, 6) is 0.319. The molecule has 2 atom stereocenters. The van der Waals surface area contributed by atoms with Gasteiger partial charge >= 0.3 is 0 Å². The number of carbonyl (C=O) groups is 2. The van der Waals surface area contributed by atoms with Gasteiger partial charge in [-0.3, -0.25) is 14.3 Å². The summed E-state index contributed by atoms with van der Waals surface area (Å²) in [6.07, 6.45) is 5.68. The summed E-state index contributed by atoms with van der Waals surface area (Å²) < 4.78 is 1.70. The first-order valence-electron chi connectivity index (χ1n) is 6.64. The van der Waals surface area contributed by atoms with Crippen LogP contribution in [0.5, 0.6) is 0 Å². The van der Waals surface area contributed by atoms with Gasteiger partial charge < -0.3 is 10.2 Å². The van der Waals surface area contributed by atoms with Gasteiger partial charge in [0.15, 0.2) is 0 Å². The number of carbonyl (C=O) groups excluding carboxylic acids is 2. The van der Waals surface area contributed by atoms with Gasteiger partial charge in [-0.25, -0.2) is 0 Å². The molecule has 19 heavy (non-hydrogen) atoms. The molecule has 3 rings (SSSR count). The van der Waals surface area contributed by atoms with Crippen molar-refractivity contribution in [3.05, 3.63) is 18.0 Å². The standard InChI is InChI=1S/C13H18N4O2/c1-8-12(18)15-11(10-3-4-10)13(19)17(8)7-9-5-14-16(2)6-9/h5-6,8,10-11H,3-4,7H2,1-2H3,(H,15,18). The van der Waals surface area contributed by atoms with E-state index in [1.165, 1.54) is 0 Å². The number of piperazine rings is 1. The maximum absolute atomic E-state index is 12.5. The van der Waals surface area contributed by atoms with Gasteiger partial charge in [-0.05, 0) is 25.7 Å². The van der Waals surface area contributed by atoms with Crippen molar-refractivity contribution >= 4 is 11.8 Å². The third kappa shape index (κ3) is 2.22. The van der Waals surface area contributed by atoms with Crippen molar-refractivity contribution in [1.29, 1.82) is 0 Å². The van der Waals surface area contributed by atoms with Crippen molar-refractivity contribution in [3.63, 3.8) is 0 Å². The number of hydrogen-bond acceptors (Lipinski definition) is 3. The predicted octanol–water partition coefficient (Wildman–Crippen LogP) is 0.0456. The molecule has 1 aromatic rings. The molecule has 0 radical (unpaired) electrons. The molecule has 1 saturated heterocycles. The van der Waals surface area contributed by atoms with Crippen LogP contribution in [0.15, 0.2) is 12.4 Å². The Hall–Kier alpha value is -1.85. The lowest BCUT2D eigenvalue weighted by molar-refractivity contribution is -0.149. The second-order valence-electron chi connectivity index (χ2n) is 5.49. The molecule has 2 fully saturated rings. The smallest absolute Gasteiger partial charge is 0.246 e. The third-order valence-electron chi connectivity index (χ3n) is 3.90. The molecule has 0 aromatic carbocycles. The van der Waals surface area contributed by atoms with E-state index in [2.05, 4.69) is 10.4 Å². The highest BCUT2D eigenvalue weighted by Crippen LogP contribution is 2.35. The molecule has 2 amide bonds. The van der Waals surface area contributed by atoms with Crippen molar-refractivity contribution in [2.24, 2.45) is 13.0 Å². The quantitative estimate of drug-likeness (QED) is 0.836. The van der Waals surface area contributed by atoms with Gasteiger partial charge in [-0.15, -0.1) is 0 Å². The van der Waals surface area contributed by atoms with E-state index in [4.69, 9.17) is 0 Å². The number of hydrogen-bond donors (Lipinski definition) is 1. The number of amides is 2. The number of aromatic nitrogens is 2. The minimum Gasteiger partial charge on any atom is -0.342 e. The zero-order valence-corrected chi connectivity index (χ0v) is 11.2. The fourth-order valence-corrected chi connectivity index (χ4v) is 2.56. The maximum atomic E-state index is 12.5. The van der Waals surface area contributed by atoms with E-state index in [1.807, 2.05) is 13.2 Å². The molecule has 0 spiro atoms. The lowest BCUT2D eigenvalue weighted by Gasteiger charge is -2.37. The van der Waals surface area contributed by atoms with E-state index in [0.29, 0.717) is 12.5 Å². The van der Waals surface area contributed by atoms with Crippen LogP contribution in [0.3, 0.4) is 0 Å². The van der Waals surface area contributed by atoms with Crippen molar-refractivity contribution in [1.82, 2.24) is 20.0 Å². The largest absolute Gasteiger partial charge is 0.342 e. The van der Waals surface area contributed by atoms with Crippen LogP contribution in [-0.4, -0.2) is 38.6 Å². The Labute approximate surface area is 111 Å². The maximum Gasteiger partial charge on any atom is 0.246 e. The van der Waals surface area contributed by atoms with Crippen LogP contribution in [-0.2, 0) is 23.2 Å². The van der Waals surface area contributed by atoms with E-state index in [-0.39, 0.29) is 17.9 Å². The number of nitrogens with one attached hydrogen (secondary N) is 1. The summed E-state index contributed by atoms with van der Waals surface area (Å²) in [6, 6.07) is -0.733. The fraction of sp³-hybridized carbons (Fsp3) is 0.615. The zero-order valence-electron chi connectivity index (χ0n) is 11.2. The molecule has 2 unspecified atom stereocenters.